The molecule has 2 fully saturated rings. The predicted octanol–water partition coefficient (Wildman–Crippen LogP) is -0.0179. The zero-order valence-electron chi connectivity index (χ0n) is 10.1. The quantitative estimate of drug-likeness (QED) is 0.701. The molecule has 0 bridgehead atoms. The molecule has 2 N–H and O–H groups in total. The van der Waals surface area contributed by atoms with Crippen molar-refractivity contribution >= 4 is 11.8 Å². The molecule has 0 spiro atoms. The highest BCUT2D eigenvalue weighted by Crippen LogP contribution is 2.37. The number of hydrogen-bond acceptors (Lipinski definition) is 6. The van der Waals surface area contributed by atoms with Crippen molar-refractivity contribution in [1.82, 2.24) is 4.84 Å². The second kappa shape index (κ2) is 4.97. The number of halogens is 1. The van der Waals surface area contributed by atoms with Crippen molar-refractivity contribution in [2.75, 3.05) is 13.7 Å². The van der Waals surface area contributed by atoms with Crippen molar-refractivity contribution < 1.29 is 24.1 Å². The van der Waals surface area contributed by atoms with Gasteiger partial charge in [0, 0.05) is 13.7 Å². The molecule has 0 amide bonds. The van der Waals surface area contributed by atoms with Gasteiger partial charge in [0.15, 0.2) is 12.1 Å². The van der Waals surface area contributed by atoms with Gasteiger partial charge in [-0.25, -0.2) is 4.84 Å². The Balaban J connectivity index is 2.14. The minimum atomic E-state index is -0.806. The zero-order chi connectivity index (χ0) is 12.6. The molecule has 5 atom stereocenters. The molecule has 2 heterocycles. The molecule has 0 aromatic rings. The number of aliphatic hydroxyl groups is 1. The Kier molecular flexibility index (Phi) is 3.94. The van der Waals surface area contributed by atoms with Crippen LogP contribution in [0.5, 0.6) is 0 Å². The third-order valence-corrected chi connectivity index (χ3v) is 3.12. The lowest BCUT2D eigenvalue weighted by molar-refractivity contribution is -0.264. The summed E-state index contributed by atoms with van der Waals surface area (Å²) in [5, 5.41) is 10.1. The molecule has 7 heteroatoms. The first kappa shape index (κ1) is 13.5. The number of ether oxygens (including phenoxy) is 4. The Labute approximate surface area is 105 Å². The highest BCUT2D eigenvalue weighted by Gasteiger charge is 2.54. The fourth-order valence-corrected chi connectivity index (χ4v) is 2.42. The van der Waals surface area contributed by atoms with E-state index in [4.69, 9.17) is 30.7 Å². The van der Waals surface area contributed by atoms with Gasteiger partial charge in [-0.2, -0.15) is 0 Å². The van der Waals surface area contributed by atoms with Crippen molar-refractivity contribution in [2.45, 2.75) is 50.3 Å². The van der Waals surface area contributed by atoms with Gasteiger partial charge in [0.25, 0.3) is 0 Å². The zero-order valence-corrected chi connectivity index (χ0v) is 10.8. The third-order valence-electron chi connectivity index (χ3n) is 2.97. The van der Waals surface area contributed by atoms with E-state index in [0.717, 1.165) is 0 Å². The molecular weight excluding hydrogens is 250 g/mol. The molecule has 17 heavy (non-hydrogen) atoms. The van der Waals surface area contributed by atoms with Crippen molar-refractivity contribution in [2.24, 2.45) is 0 Å². The smallest absolute Gasteiger partial charge is 0.186 e. The largest absolute Gasteiger partial charge is 0.388 e. The van der Waals surface area contributed by atoms with E-state index < -0.39 is 36.5 Å². The summed E-state index contributed by atoms with van der Waals surface area (Å²) in [5.41, 5.74) is 0. The van der Waals surface area contributed by atoms with Gasteiger partial charge in [0.05, 0.1) is 0 Å². The van der Waals surface area contributed by atoms with Gasteiger partial charge in [-0.15, -0.1) is 0 Å². The van der Waals surface area contributed by atoms with Gasteiger partial charge >= 0.3 is 0 Å². The van der Waals surface area contributed by atoms with Gasteiger partial charge < -0.3 is 24.1 Å². The minimum Gasteiger partial charge on any atom is -0.388 e. The summed E-state index contributed by atoms with van der Waals surface area (Å²) >= 11 is 5.44. The van der Waals surface area contributed by atoms with Crippen LogP contribution >= 0.6 is 11.8 Å². The normalized spacial score (nSPS) is 44.6. The Hall–Kier alpha value is 0.0500. The Morgan fingerprint density at radius 2 is 2.00 bits per heavy atom. The summed E-state index contributed by atoms with van der Waals surface area (Å²) in [5.74, 6) is -0.750. The Morgan fingerprint density at radius 1 is 1.35 bits per heavy atom. The second-order valence-corrected chi connectivity index (χ2v) is 4.94. The maximum atomic E-state index is 10.1. The van der Waals surface area contributed by atoms with Crippen LogP contribution in [0.4, 0.5) is 0 Å². The standard InChI is InChI=1S/C10H18ClNO5/c1-10(2)16-7-6(13)5(4-12-11)15-9(14-3)8(7)17-10/h5-9,12-13H,4H2,1-3H3/t5?,6-,7+,8?,9+/m1/s1. The lowest BCUT2D eigenvalue weighted by Crippen LogP contribution is -2.58. The molecule has 0 saturated carbocycles. The van der Waals surface area contributed by atoms with Crippen LogP contribution < -0.4 is 4.84 Å². The van der Waals surface area contributed by atoms with E-state index in [1.54, 1.807) is 13.8 Å². The third kappa shape index (κ3) is 2.58. The predicted molar refractivity (Wildman–Crippen MR) is 59.4 cm³/mol. The summed E-state index contributed by atoms with van der Waals surface area (Å²) in [6.45, 7) is 3.88. The van der Waals surface area contributed by atoms with Crippen LogP contribution in [0.25, 0.3) is 0 Å². The van der Waals surface area contributed by atoms with Crippen LogP contribution in [-0.4, -0.2) is 55.3 Å². The maximum Gasteiger partial charge on any atom is 0.186 e. The number of fused-ring (bicyclic) bond motifs is 1. The monoisotopic (exact) mass is 267 g/mol. The number of methoxy groups -OCH3 is 1. The molecule has 2 saturated heterocycles. The molecule has 2 rings (SSSR count). The fourth-order valence-electron chi connectivity index (χ4n) is 2.27. The first-order valence-corrected chi connectivity index (χ1v) is 5.92. The van der Waals surface area contributed by atoms with E-state index in [9.17, 15) is 5.11 Å². The molecular formula is C10H18ClNO5. The first-order chi connectivity index (χ1) is 7.98. The minimum absolute atomic E-state index is 0.301. The molecule has 0 aliphatic carbocycles. The Bertz CT molecular complexity index is 277. The first-order valence-electron chi connectivity index (χ1n) is 5.54. The molecule has 0 aromatic heterocycles. The number of aliphatic hydroxyl groups excluding tert-OH is 1. The van der Waals surface area contributed by atoms with E-state index >= 15 is 0 Å². The molecule has 0 radical (unpaired) electrons. The summed E-state index contributed by atoms with van der Waals surface area (Å²) in [7, 11) is 1.53. The average Bonchev–Trinajstić information content (AvgIpc) is 2.59. The van der Waals surface area contributed by atoms with Crippen molar-refractivity contribution in [3.63, 3.8) is 0 Å². The van der Waals surface area contributed by atoms with Gasteiger partial charge in [-0.3, -0.25) is 0 Å². The molecule has 2 aliphatic heterocycles. The van der Waals surface area contributed by atoms with E-state index in [0.29, 0.717) is 6.54 Å². The highest BCUT2D eigenvalue weighted by molar-refractivity contribution is 6.13. The van der Waals surface area contributed by atoms with Gasteiger partial charge in [-0.05, 0) is 25.6 Å². The van der Waals surface area contributed by atoms with Gasteiger partial charge in [0.2, 0.25) is 0 Å². The lowest BCUT2D eigenvalue weighted by atomic mass is 9.99. The van der Waals surface area contributed by atoms with Crippen LogP contribution in [0.1, 0.15) is 13.8 Å². The van der Waals surface area contributed by atoms with Crippen LogP contribution in [0.2, 0.25) is 0 Å². The van der Waals surface area contributed by atoms with Crippen LogP contribution in [0.15, 0.2) is 0 Å². The lowest BCUT2D eigenvalue weighted by Gasteiger charge is -2.39. The topological polar surface area (TPSA) is 69.2 Å². The van der Waals surface area contributed by atoms with Crippen molar-refractivity contribution in [3.05, 3.63) is 0 Å². The van der Waals surface area contributed by atoms with Crippen molar-refractivity contribution in [1.29, 1.82) is 0 Å². The summed E-state index contributed by atoms with van der Waals surface area (Å²) < 4.78 is 22.1. The second-order valence-electron chi connectivity index (χ2n) is 4.67. The van der Waals surface area contributed by atoms with E-state index in [1.807, 2.05) is 0 Å². The van der Waals surface area contributed by atoms with E-state index in [1.165, 1.54) is 7.11 Å². The molecule has 6 nitrogen and oxygen atoms in total. The molecule has 0 aromatic carbocycles. The molecule has 100 valence electrons. The van der Waals surface area contributed by atoms with Crippen LogP contribution in [0, 0.1) is 0 Å². The summed E-state index contributed by atoms with van der Waals surface area (Å²) in [6, 6.07) is 0. The molecule has 2 aliphatic rings. The van der Waals surface area contributed by atoms with Gasteiger partial charge in [-0.1, -0.05) is 0 Å². The van der Waals surface area contributed by atoms with E-state index in [-0.39, 0.29) is 0 Å². The number of rotatable bonds is 3. The highest BCUT2D eigenvalue weighted by atomic mass is 35.5. The average molecular weight is 268 g/mol. The summed E-state index contributed by atoms with van der Waals surface area (Å²) in [6.07, 6.45) is -2.77. The van der Waals surface area contributed by atoms with Gasteiger partial charge in [0.1, 0.15) is 24.4 Å². The van der Waals surface area contributed by atoms with Crippen LogP contribution in [0.3, 0.4) is 0 Å². The summed E-state index contributed by atoms with van der Waals surface area (Å²) in [4.78, 5) is 2.45. The number of nitrogens with one attached hydrogen (secondary N) is 1. The Morgan fingerprint density at radius 3 is 2.59 bits per heavy atom. The molecule has 2 unspecified atom stereocenters. The fraction of sp³-hybridized carbons (Fsp3) is 1.00. The van der Waals surface area contributed by atoms with Crippen molar-refractivity contribution in [3.8, 4) is 0 Å². The SMILES string of the molecule is CO[C@H]1OC(CNCl)[C@@H](O)[C@@H]2OC(C)(C)OC12. The van der Waals surface area contributed by atoms with E-state index in [2.05, 4.69) is 4.84 Å². The maximum absolute atomic E-state index is 10.1. The van der Waals surface area contributed by atoms with Crippen LogP contribution in [-0.2, 0) is 18.9 Å². The number of hydrogen-bond donors (Lipinski definition) is 2.